The summed E-state index contributed by atoms with van der Waals surface area (Å²) in [5.41, 5.74) is 1.94. The van der Waals surface area contributed by atoms with Gasteiger partial charge in [-0.25, -0.2) is 4.98 Å². The Kier molecular flexibility index (Phi) is 5.83. The largest absolute Gasteiger partial charge is 0.496 e. The molecule has 1 unspecified atom stereocenters. The zero-order valence-corrected chi connectivity index (χ0v) is 17.9. The molecule has 0 saturated heterocycles. The number of methoxy groups -OCH3 is 1. The van der Waals surface area contributed by atoms with Crippen LogP contribution >= 0.6 is 11.3 Å². The van der Waals surface area contributed by atoms with Crippen molar-refractivity contribution in [2.75, 3.05) is 27.7 Å². The van der Waals surface area contributed by atoms with E-state index < -0.39 is 0 Å². The lowest BCUT2D eigenvalue weighted by atomic mass is 10.0. The molecule has 4 aromatic rings. The Hall–Kier alpha value is -3.16. The van der Waals surface area contributed by atoms with Gasteiger partial charge in [0, 0.05) is 12.1 Å². The highest BCUT2D eigenvalue weighted by molar-refractivity contribution is 7.21. The number of thiazole rings is 1. The number of nitrogens with zero attached hydrogens (tertiary/aromatic N) is 2. The molecular weight excluding hydrogens is 398 g/mol. The second kappa shape index (κ2) is 8.69. The van der Waals surface area contributed by atoms with Crippen molar-refractivity contribution >= 4 is 27.5 Å². The Balaban J connectivity index is 1.48. The maximum absolute atomic E-state index is 12.7. The summed E-state index contributed by atoms with van der Waals surface area (Å²) in [5, 5.41) is 3.73. The quantitative estimate of drug-likeness (QED) is 0.472. The molecule has 0 spiro atoms. The van der Waals surface area contributed by atoms with Gasteiger partial charge >= 0.3 is 0 Å². The highest BCUT2D eigenvalue weighted by Gasteiger charge is 2.21. The van der Waals surface area contributed by atoms with E-state index in [-0.39, 0.29) is 17.7 Å². The van der Waals surface area contributed by atoms with E-state index in [0.29, 0.717) is 12.3 Å². The molecule has 0 saturated carbocycles. The molecule has 2 heterocycles. The number of hydrogen-bond acceptors (Lipinski definition) is 6. The summed E-state index contributed by atoms with van der Waals surface area (Å²) < 4.78 is 12.4. The third kappa shape index (κ3) is 4.08. The van der Waals surface area contributed by atoms with Gasteiger partial charge in [-0.05, 0) is 44.4 Å². The summed E-state index contributed by atoms with van der Waals surface area (Å²) >= 11 is 1.54. The predicted octanol–water partition coefficient (Wildman–Crippen LogP) is 4.60. The molecule has 0 fully saturated rings. The number of amides is 1. The van der Waals surface area contributed by atoms with E-state index in [0.717, 1.165) is 26.5 Å². The lowest BCUT2D eigenvalue weighted by Crippen LogP contribution is -2.34. The topological polar surface area (TPSA) is 67.6 Å². The first-order valence-electron chi connectivity index (χ1n) is 9.60. The average Bonchev–Trinajstić information content (AvgIpc) is 3.41. The van der Waals surface area contributed by atoms with Crippen molar-refractivity contribution < 1.29 is 13.9 Å². The number of aromatic nitrogens is 1. The molecule has 154 valence electrons. The molecule has 0 aliphatic rings. The molecule has 30 heavy (non-hydrogen) atoms. The van der Waals surface area contributed by atoms with Crippen LogP contribution in [0, 0.1) is 0 Å². The maximum Gasteiger partial charge on any atom is 0.287 e. The number of rotatable bonds is 7. The zero-order valence-electron chi connectivity index (χ0n) is 17.1. The molecule has 0 radical (unpaired) electrons. The monoisotopic (exact) mass is 421 g/mol. The number of nitrogens with one attached hydrogen (secondary N) is 1. The van der Waals surface area contributed by atoms with Crippen LogP contribution in [-0.2, 0) is 0 Å². The van der Waals surface area contributed by atoms with E-state index in [2.05, 4.69) is 10.3 Å². The standard InChI is InChI=1S/C23H23N3O3S/c1-26(2)17(15-8-4-6-10-18(15)28-3)14-24-22(27)19-12-13-20(29-19)23-25-16-9-5-7-11-21(16)30-23/h4-13,17H,14H2,1-3H3,(H,24,27). The van der Waals surface area contributed by atoms with Crippen LogP contribution in [0.25, 0.3) is 21.0 Å². The highest BCUT2D eigenvalue weighted by Crippen LogP contribution is 2.31. The van der Waals surface area contributed by atoms with Crippen LogP contribution in [0.4, 0.5) is 0 Å². The second-order valence-corrected chi connectivity index (χ2v) is 8.11. The minimum absolute atomic E-state index is 0.0382. The van der Waals surface area contributed by atoms with E-state index in [9.17, 15) is 4.79 Å². The Morgan fingerprint density at radius 3 is 2.67 bits per heavy atom. The van der Waals surface area contributed by atoms with Crippen LogP contribution in [0.5, 0.6) is 5.75 Å². The number of para-hydroxylation sites is 2. The van der Waals surface area contributed by atoms with E-state index in [1.807, 2.05) is 67.5 Å². The van der Waals surface area contributed by atoms with Crippen molar-refractivity contribution in [2.24, 2.45) is 0 Å². The number of fused-ring (bicyclic) bond motifs is 1. The molecular formula is C23H23N3O3S. The maximum atomic E-state index is 12.7. The fourth-order valence-electron chi connectivity index (χ4n) is 3.34. The van der Waals surface area contributed by atoms with E-state index >= 15 is 0 Å². The first-order chi connectivity index (χ1) is 14.6. The van der Waals surface area contributed by atoms with Crippen LogP contribution < -0.4 is 10.1 Å². The number of benzene rings is 2. The number of hydrogen-bond donors (Lipinski definition) is 1. The van der Waals surface area contributed by atoms with E-state index in [4.69, 9.17) is 9.15 Å². The van der Waals surface area contributed by atoms with Crippen LogP contribution in [0.3, 0.4) is 0 Å². The predicted molar refractivity (Wildman–Crippen MR) is 119 cm³/mol. The molecule has 0 aliphatic carbocycles. The number of carbonyl (C=O) groups excluding carboxylic acids is 1. The number of ether oxygens (including phenoxy) is 1. The van der Waals surface area contributed by atoms with Gasteiger partial charge in [0.05, 0.1) is 23.4 Å². The Bertz CT molecular complexity index is 1130. The second-order valence-electron chi connectivity index (χ2n) is 7.08. The van der Waals surface area contributed by atoms with Crippen molar-refractivity contribution in [1.29, 1.82) is 0 Å². The van der Waals surface area contributed by atoms with Crippen LogP contribution in [0.1, 0.15) is 22.2 Å². The summed E-state index contributed by atoms with van der Waals surface area (Å²) in [4.78, 5) is 19.3. The molecule has 1 N–H and O–H groups in total. The normalized spacial score (nSPS) is 12.3. The van der Waals surface area contributed by atoms with Crippen molar-refractivity contribution in [1.82, 2.24) is 15.2 Å². The molecule has 4 rings (SSSR count). The molecule has 0 aliphatic heterocycles. The molecule has 0 bridgehead atoms. The average molecular weight is 422 g/mol. The van der Waals surface area contributed by atoms with Gasteiger partial charge in [-0.2, -0.15) is 0 Å². The fourth-order valence-corrected chi connectivity index (χ4v) is 4.27. The third-order valence-corrected chi connectivity index (χ3v) is 5.96. The number of likely N-dealkylation sites (N-methyl/N-ethyl adjacent to an activating group) is 1. The van der Waals surface area contributed by atoms with Crippen molar-refractivity contribution in [3.63, 3.8) is 0 Å². The summed E-state index contributed by atoms with van der Waals surface area (Å²) in [6, 6.07) is 19.2. The first kappa shape index (κ1) is 20.1. The smallest absolute Gasteiger partial charge is 0.287 e. The van der Waals surface area contributed by atoms with E-state index in [1.54, 1.807) is 30.6 Å². The van der Waals surface area contributed by atoms with Gasteiger partial charge in [-0.15, -0.1) is 11.3 Å². The minimum Gasteiger partial charge on any atom is -0.496 e. The van der Waals surface area contributed by atoms with Gasteiger partial charge in [0.2, 0.25) is 0 Å². The van der Waals surface area contributed by atoms with Gasteiger partial charge in [-0.1, -0.05) is 30.3 Å². The summed E-state index contributed by atoms with van der Waals surface area (Å²) in [7, 11) is 5.60. The molecule has 1 amide bonds. The fraction of sp³-hybridized carbons (Fsp3) is 0.217. The molecule has 2 aromatic carbocycles. The Labute approximate surface area is 179 Å². The van der Waals surface area contributed by atoms with Crippen LogP contribution in [0.2, 0.25) is 0 Å². The van der Waals surface area contributed by atoms with Gasteiger partial charge in [0.25, 0.3) is 5.91 Å². The Morgan fingerprint density at radius 2 is 1.90 bits per heavy atom. The van der Waals surface area contributed by atoms with Crippen molar-refractivity contribution in [3.05, 3.63) is 72.0 Å². The van der Waals surface area contributed by atoms with Crippen LogP contribution in [-0.4, -0.2) is 43.5 Å². The molecule has 2 aromatic heterocycles. The molecule has 1 atom stereocenters. The Morgan fingerprint density at radius 1 is 1.13 bits per heavy atom. The van der Waals surface area contributed by atoms with Crippen molar-refractivity contribution in [3.8, 4) is 16.5 Å². The lowest BCUT2D eigenvalue weighted by Gasteiger charge is -2.26. The molecule has 7 heteroatoms. The minimum atomic E-state index is -0.260. The number of carbonyl (C=O) groups is 1. The van der Waals surface area contributed by atoms with E-state index in [1.165, 1.54) is 0 Å². The summed E-state index contributed by atoms with van der Waals surface area (Å²) in [6.45, 7) is 0.420. The zero-order chi connectivity index (χ0) is 21.1. The first-order valence-corrected chi connectivity index (χ1v) is 10.4. The van der Waals surface area contributed by atoms with Gasteiger partial charge < -0.3 is 19.4 Å². The SMILES string of the molecule is COc1ccccc1C(CNC(=O)c1ccc(-c2nc3ccccc3s2)o1)N(C)C. The van der Waals surface area contributed by atoms with Gasteiger partial charge in [0.15, 0.2) is 16.5 Å². The summed E-state index contributed by atoms with van der Waals surface area (Å²) in [6.07, 6.45) is 0. The lowest BCUT2D eigenvalue weighted by molar-refractivity contribution is 0.0914. The van der Waals surface area contributed by atoms with Gasteiger partial charge in [0.1, 0.15) is 5.75 Å². The molecule has 6 nitrogen and oxygen atoms in total. The number of furan rings is 1. The highest BCUT2D eigenvalue weighted by atomic mass is 32.1. The van der Waals surface area contributed by atoms with Crippen LogP contribution in [0.15, 0.2) is 65.1 Å². The third-order valence-electron chi connectivity index (χ3n) is 4.91. The van der Waals surface area contributed by atoms with Gasteiger partial charge in [-0.3, -0.25) is 4.79 Å². The summed E-state index contributed by atoms with van der Waals surface area (Å²) in [5.74, 6) is 1.39. The van der Waals surface area contributed by atoms with Crippen molar-refractivity contribution in [2.45, 2.75) is 6.04 Å².